The Kier molecular flexibility index (Phi) is 4.55. The maximum atomic E-state index is 9.65. The van der Waals surface area contributed by atoms with Crippen LogP contribution >= 0.6 is 0 Å². The van der Waals surface area contributed by atoms with Crippen molar-refractivity contribution in [1.29, 1.82) is 10.5 Å². The third kappa shape index (κ3) is 3.26. The molecule has 0 spiro atoms. The van der Waals surface area contributed by atoms with Crippen LogP contribution in [0.2, 0.25) is 0 Å². The van der Waals surface area contributed by atoms with E-state index >= 15 is 0 Å². The fourth-order valence-corrected chi connectivity index (χ4v) is 3.34. The van der Waals surface area contributed by atoms with Gasteiger partial charge in [-0.1, -0.05) is 18.6 Å². The second-order valence-corrected chi connectivity index (χ2v) is 6.43. The average molecular weight is 355 g/mol. The predicted molar refractivity (Wildman–Crippen MR) is 99.9 cm³/mol. The minimum atomic E-state index is 0.421. The summed E-state index contributed by atoms with van der Waals surface area (Å²) in [6.45, 7) is 0.829. The maximum Gasteiger partial charge on any atom is 0.174 e. The minimum absolute atomic E-state index is 0.421. The van der Waals surface area contributed by atoms with Crippen LogP contribution in [0.3, 0.4) is 0 Å². The van der Waals surface area contributed by atoms with Crippen LogP contribution in [0.4, 0.5) is 0 Å². The van der Waals surface area contributed by atoms with Gasteiger partial charge in [0.05, 0.1) is 11.6 Å². The topological polar surface area (TPSA) is 91.4 Å². The fraction of sp³-hybridized carbons (Fsp3) is 0.238. The molecule has 3 aromatic rings. The lowest BCUT2D eigenvalue weighted by Crippen LogP contribution is -2.05. The second-order valence-electron chi connectivity index (χ2n) is 6.43. The van der Waals surface area contributed by atoms with Gasteiger partial charge in [-0.15, -0.1) is 10.2 Å². The van der Waals surface area contributed by atoms with E-state index < -0.39 is 0 Å². The number of aromatic nitrogens is 3. The molecule has 1 aliphatic heterocycles. The molecule has 27 heavy (non-hydrogen) atoms. The van der Waals surface area contributed by atoms with E-state index in [0.29, 0.717) is 28.5 Å². The highest BCUT2D eigenvalue weighted by Crippen LogP contribution is 2.28. The molecule has 6 heteroatoms. The van der Waals surface area contributed by atoms with Crippen LogP contribution in [0.15, 0.2) is 40.8 Å². The minimum Gasteiger partial charge on any atom is -0.457 e. The summed E-state index contributed by atoms with van der Waals surface area (Å²) in [5.74, 6) is 2.66. The summed E-state index contributed by atoms with van der Waals surface area (Å²) in [4.78, 5) is 0. The van der Waals surface area contributed by atoms with Crippen LogP contribution in [-0.4, -0.2) is 14.8 Å². The van der Waals surface area contributed by atoms with Gasteiger partial charge in [0.25, 0.3) is 0 Å². The van der Waals surface area contributed by atoms with Crippen molar-refractivity contribution in [3.63, 3.8) is 0 Å². The van der Waals surface area contributed by atoms with Crippen molar-refractivity contribution in [3.05, 3.63) is 59.4 Å². The van der Waals surface area contributed by atoms with Gasteiger partial charge < -0.3 is 8.98 Å². The number of furan rings is 1. The summed E-state index contributed by atoms with van der Waals surface area (Å²) in [6.07, 6.45) is 5.90. The van der Waals surface area contributed by atoms with Crippen molar-refractivity contribution < 1.29 is 4.42 Å². The zero-order chi connectivity index (χ0) is 18.6. The molecular weight excluding hydrogens is 338 g/mol. The van der Waals surface area contributed by atoms with Gasteiger partial charge in [-0.2, -0.15) is 10.5 Å². The van der Waals surface area contributed by atoms with Gasteiger partial charge in [-0.25, -0.2) is 0 Å². The lowest BCUT2D eigenvalue weighted by atomic mass is 10.1. The molecule has 0 bridgehead atoms. The molecule has 0 atom stereocenters. The van der Waals surface area contributed by atoms with E-state index in [1.807, 2.05) is 22.8 Å². The Morgan fingerprint density at radius 3 is 2.81 bits per heavy atom. The van der Waals surface area contributed by atoms with Crippen molar-refractivity contribution in [1.82, 2.24) is 14.8 Å². The summed E-state index contributed by atoms with van der Waals surface area (Å²) in [7, 11) is 0. The number of aryl methyl sites for hydroxylation is 1. The van der Waals surface area contributed by atoms with E-state index in [0.717, 1.165) is 43.6 Å². The first kappa shape index (κ1) is 16.8. The number of fused-ring (bicyclic) bond motifs is 1. The third-order valence-electron chi connectivity index (χ3n) is 4.70. The number of allylic oxidation sites excluding steroid dienone is 1. The molecule has 1 aliphatic rings. The zero-order valence-electron chi connectivity index (χ0n) is 14.7. The number of hydrogen-bond donors (Lipinski definition) is 0. The quantitative estimate of drug-likeness (QED) is 0.657. The maximum absolute atomic E-state index is 9.65. The van der Waals surface area contributed by atoms with E-state index in [1.54, 1.807) is 24.3 Å². The fourth-order valence-electron chi connectivity index (χ4n) is 3.34. The number of rotatable bonds is 3. The van der Waals surface area contributed by atoms with Crippen LogP contribution < -0.4 is 0 Å². The molecule has 0 fully saturated rings. The molecule has 0 saturated carbocycles. The van der Waals surface area contributed by atoms with E-state index in [-0.39, 0.29) is 0 Å². The molecule has 0 radical (unpaired) electrons. The van der Waals surface area contributed by atoms with E-state index in [1.165, 1.54) is 0 Å². The van der Waals surface area contributed by atoms with E-state index in [4.69, 9.17) is 4.42 Å². The van der Waals surface area contributed by atoms with Crippen LogP contribution in [0, 0.1) is 22.7 Å². The molecule has 132 valence electrons. The molecule has 0 saturated heterocycles. The molecule has 4 rings (SSSR count). The molecule has 0 unspecified atom stereocenters. The molecule has 1 aromatic carbocycles. The van der Waals surface area contributed by atoms with E-state index in [2.05, 4.69) is 22.3 Å². The first-order chi connectivity index (χ1) is 13.3. The van der Waals surface area contributed by atoms with Gasteiger partial charge in [0.15, 0.2) is 5.82 Å². The molecule has 6 nitrogen and oxygen atoms in total. The summed E-state index contributed by atoms with van der Waals surface area (Å²) in [6, 6.07) is 15.3. The summed E-state index contributed by atoms with van der Waals surface area (Å²) in [5, 5.41) is 27.4. The Bertz CT molecular complexity index is 1090. The zero-order valence-corrected chi connectivity index (χ0v) is 14.7. The summed E-state index contributed by atoms with van der Waals surface area (Å²) in [5.41, 5.74) is 1.70. The smallest absolute Gasteiger partial charge is 0.174 e. The summed E-state index contributed by atoms with van der Waals surface area (Å²) >= 11 is 0. The van der Waals surface area contributed by atoms with Gasteiger partial charge in [0, 0.05) is 24.6 Å². The van der Waals surface area contributed by atoms with Crippen molar-refractivity contribution in [3.8, 4) is 23.5 Å². The first-order valence-corrected chi connectivity index (χ1v) is 8.94. The highest BCUT2D eigenvalue weighted by atomic mass is 16.3. The molecule has 0 N–H and O–H groups in total. The van der Waals surface area contributed by atoms with Crippen molar-refractivity contribution >= 4 is 11.6 Å². The van der Waals surface area contributed by atoms with Crippen LogP contribution in [0.25, 0.3) is 23.0 Å². The molecular formula is C21H17N5O. The number of nitriles is 2. The van der Waals surface area contributed by atoms with Gasteiger partial charge in [-0.3, -0.25) is 0 Å². The van der Waals surface area contributed by atoms with Gasteiger partial charge in [0.1, 0.15) is 29.0 Å². The van der Waals surface area contributed by atoms with Crippen LogP contribution in [0.5, 0.6) is 0 Å². The highest BCUT2D eigenvalue weighted by molar-refractivity contribution is 5.86. The Morgan fingerprint density at radius 1 is 1.07 bits per heavy atom. The molecule has 2 aromatic heterocycles. The third-order valence-corrected chi connectivity index (χ3v) is 4.70. The SMILES string of the molecule is N#CC(=Cc1ccc(-c2ccccc2C#N)o1)c1nnc2n1CCCCC2. The lowest BCUT2D eigenvalue weighted by molar-refractivity contribution is 0.571. The molecule has 3 heterocycles. The van der Waals surface area contributed by atoms with Crippen molar-refractivity contribution in [2.24, 2.45) is 0 Å². The Morgan fingerprint density at radius 2 is 1.96 bits per heavy atom. The van der Waals surface area contributed by atoms with Crippen LogP contribution in [-0.2, 0) is 13.0 Å². The average Bonchev–Trinajstić information content (AvgIpc) is 3.27. The molecule has 0 aliphatic carbocycles. The molecule has 0 amide bonds. The first-order valence-electron chi connectivity index (χ1n) is 8.94. The lowest BCUT2D eigenvalue weighted by Gasteiger charge is -2.05. The highest BCUT2D eigenvalue weighted by Gasteiger charge is 2.18. The summed E-state index contributed by atoms with van der Waals surface area (Å²) < 4.78 is 7.91. The predicted octanol–water partition coefficient (Wildman–Crippen LogP) is 4.20. The largest absolute Gasteiger partial charge is 0.457 e. The van der Waals surface area contributed by atoms with Gasteiger partial charge in [-0.05, 0) is 37.1 Å². The van der Waals surface area contributed by atoms with Crippen molar-refractivity contribution in [2.45, 2.75) is 32.2 Å². The standard InChI is InChI=1S/C21H17N5O/c22-13-15-6-3-4-7-18(15)19-10-9-17(27-19)12-16(14-23)21-25-24-20-8-2-1-5-11-26(20)21/h3-4,6-7,9-10,12H,1-2,5,8,11H2. The van der Waals surface area contributed by atoms with Crippen LogP contribution in [0.1, 0.15) is 42.2 Å². The number of hydrogen-bond acceptors (Lipinski definition) is 5. The Balaban J connectivity index is 1.70. The van der Waals surface area contributed by atoms with E-state index in [9.17, 15) is 10.5 Å². The Hall–Kier alpha value is -3.64. The van der Waals surface area contributed by atoms with Crippen molar-refractivity contribution in [2.75, 3.05) is 0 Å². The Labute approximate surface area is 157 Å². The number of nitrogens with zero attached hydrogens (tertiary/aromatic N) is 5. The normalized spacial score (nSPS) is 14.1. The monoisotopic (exact) mass is 355 g/mol. The van der Waals surface area contributed by atoms with Gasteiger partial charge in [0.2, 0.25) is 0 Å². The van der Waals surface area contributed by atoms with Gasteiger partial charge >= 0.3 is 0 Å². The number of benzene rings is 1. The second kappa shape index (κ2) is 7.31.